The molecule has 22 heavy (non-hydrogen) atoms. The van der Waals surface area contributed by atoms with Crippen molar-refractivity contribution in [3.8, 4) is 11.5 Å². The van der Waals surface area contributed by atoms with Gasteiger partial charge in [-0.2, -0.15) is 0 Å². The van der Waals surface area contributed by atoms with E-state index in [9.17, 15) is 5.11 Å². The van der Waals surface area contributed by atoms with Gasteiger partial charge in [-0.1, -0.05) is 25.1 Å². The number of allylic oxidation sites excluding steroid dienone is 1. The normalized spacial score (nSPS) is 14.0. The van der Waals surface area contributed by atoms with E-state index in [2.05, 4.69) is 5.32 Å². The molecule has 0 aliphatic rings. The highest BCUT2D eigenvalue weighted by atomic mass is 16.5. The standard InChI is InChI=1S/C17H27NO4/c1-4-6-13-7-8-16(17(9-13)21-3)22-12-15(20)10-18-14(5-2)11-19/h4,6-9,14-15,18-20H,5,10-12H2,1-3H3/b6-4+/t14-,15+/m0/s1. The molecule has 0 amide bonds. The first kappa shape index (κ1) is 18.5. The lowest BCUT2D eigenvalue weighted by Crippen LogP contribution is -2.39. The first-order chi connectivity index (χ1) is 10.6. The lowest BCUT2D eigenvalue weighted by Gasteiger charge is -2.18. The molecule has 0 aliphatic carbocycles. The van der Waals surface area contributed by atoms with Crippen molar-refractivity contribution in [2.24, 2.45) is 0 Å². The van der Waals surface area contributed by atoms with Crippen molar-refractivity contribution in [3.05, 3.63) is 29.8 Å². The van der Waals surface area contributed by atoms with E-state index in [1.165, 1.54) is 0 Å². The highest BCUT2D eigenvalue weighted by Gasteiger charge is 2.11. The van der Waals surface area contributed by atoms with Gasteiger partial charge in [0.15, 0.2) is 11.5 Å². The van der Waals surface area contributed by atoms with Gasteiger partial charge in [-0.15, -0.1) is 0 Å². The van der Waals surface area contributed by atoms with Crippen LogP contribution in [-0.2, 0) is 0 Å². The molecule has 5 heteroatoms. The van der Waals surface area contributed by atoms with Gasteiger partial charge in [-0.3, -0.25) is 0 Å². The molecule has 0 aliphatic heterocycles. The summed E-state index contributed by atoms with van der Waals surface area (Å²) in [5.74, 6) is 1.24. The minimum atomic E-state index is -0.652. The van der Waals surface area contributed by atoms with Crippen LogP contribution in [0.5, 0.6) is 11.5 Å². The maximum Gasteiger partial charge on any atom is 0.161 e. The van der Waals surface area contributed by atoms with Crippen molar-refractivity contribution < 1.29 is 19.7 Å². The van der Waals surface area contributed by atoms with Crippen molar-refractivity contribution in [2.45, 2.75) is 32.4 Å². The molecule has 0 radical (unpaired) electrons. The highest BCUT2D eigenvalue weighted by molar-refractivity contribution is 5.55. The molecule has 124 valence electrons. The second-order valence-corrected chi connectivity index (χ2v) is 5.07. The molecule has 0 aromatic heterocycles. The summed E-state index contributed by atoms with van der Waals surface area (Å²) in [6.45, 7) is 4.53. The highest BCUT2D eigenvalue weighted by Crippen LogP contribution is 2.28. The molecule has 0 fully saturated rings. The maximum atomic E-state index is 9.93. The van der Waals surface area contributed by atoms with Gasteiger partial charge < -0.3 is 25.0 Å². The molecule has 0 unspecified atom stereocenters. The quantitative estimate of drug-likeness (QED) is 0.615. The monoisotopic (exact) mass is 309 g/mol. The predicted octanol–water partition coefficient (Wildman–Crippen LogP) is 1.83. The van der Waals surface area contributed by atoms with Crippen LogP contribution in [0.4, 0.5) is 0 Å². The van der Waals surface area contributed by atoms with Gasteiger partial charge in [0.05, 0.1) is 13.7 Å². The summed E-state index contributed by atoms with van der Waals surface area (Å²) in [6.07, 6.45) is 4.09. The predicted molar refractivity (Wildman–Crippen MR) is 88.4 cm³/mol. The Labute approximate surface area is 132 Å². The Hall–Kier alpha value is -1.56. The summed E-state index contributed by atoms with van der Waals surface area (Å²) in [6, 6.07) is 5.65. The topological polar surface area (TPSA) is 71.0 Å². The summed E-state index contributed by atoms with van der Waals surface area (Å²) in [5.41, 5.74) is 1.03. The SMILES string of the molecule is C/C=C/c1ccc(OC[C@H](O)CN[C@@H](CC)CO)c(OC)c1. The molecule has 0 saturated heterocycles. The second kappa shape index (κ2) is 10.2. The van der Waals surface area contributed by atoms with Gasteiger partial charge in [0.1, 0.15) is 12.7 Å². The Morgan fingerprint density at radius 1 is 1.32 bits per heavy atom. The van der Waals surface area contributed by atoms with Crippen LogP contribution in [-0.4, -0.2) is 49.2 Å². The smallest absolute Gasteiger partial charge is 0.161 e. The fourth-order valence-electron chi connectivity index (χ4n) is 1.99. The number of rotatable bonds is 10. The molecule has 1 aromatic rings. The zero-order valence-corrected chi connectivity index (χ0v) is 13.6. The summed E-state index contributed by atoms with van der Waals surface area (Å²) < 4.78 is 10.9. The third-order valence-electron chi connectivity index (χ3n) is 3.33. The van der Waals surface area contributed by atoms with Gasteiger partial charge in [0.2, 0.25) is 0 Å². The molecule has 1 aromatic carbocycles. The Balaban J connectivity index is 2.52. The van der Waals surface area contributed by atoms with Gasteiger partial charge in [-0.25, -0.2) is 0 Å². The van der Waals surface area contributed by atoms with E-state index in [0.717, 1.165) is 12.0 Å². The third-order valence-corrected chi connectivity index (χ3v) is 3.33. The maximum absolute atomic E-state index is 9.93. The van der Waals surface area contributed by atoms with E-state index >= 15 is 0 Å². The van der Waals surface area contributed by atoms with Crippen LogP contribution in [0.1, 0.15) is 25.8 Å². The van der Waals surface area contributed by atoms with Crippen molar-refractivity contribution >= 4 is 6.08 Å². The first-order valence-electron chi connectivity index (χ1n) is 7.60. The van der Waals surface area contributed by atoms with Crippen LogP contribution >= 0.6 is 0 Å². The average molecular weight is 309 g/mol. The van der Waals surface area contributed by atoms with Crippen molar-refractivity contribution in [1.82, 2.24) is 5.32 Å². The van der Waals surface area contributed by atoms with Crippen molar-refractivity contribution in [3.63, 3.8) is 0 Å². The number of hydrogen-bond donors (Lipinski definition) is 3. The van der Waals surface area contributed by atoms with E-state index in [-0.39, 0.29) is 19.3 Å². The van der Waals surface area contributed by atoms with E-state index < -0.39 is 6.10 Å². The van der Waals surface area contributed by atoms with Crippen LogP contribution in [0.2, 0.25) is 0 Å². The average Bonchev–Trinajstić information content (AvgIpc) is 2.54. The molecule has 0 heterocycles. The van der Waals surface area contributed by atoms with Gasteiger partial charge >= 0.3 is 0 Å². The van der Waals surface area contributed by atoms with E-state index in [1.807, 2.05) is 44.2 Å². The fourth-order valence-corrected chi connectivity index (χ4v) is 1.99. The minimum absolute atomic E-state index is 0.00398. The van der Waals surface area contributed by atoms with Gasteiger partial charge in [-0.05, 0) is 31.0 Å². The summed E-state index contributed by atoms with van der Waals surface area (Å²) >= 11 is 0. The second-order valence-electron chi connectivity index (χ2n) is 5.07. The molecule has 1 rings (SSSR count). The number of aliphatic hydroxyl groups excluding tert-OH is 2. The Kier molecular flexibility index (Phi) is 8.58. The van der Waals surface area contributed by atoms with E-state index in [1.54, 1.807) is 7.11 Å². The zero-order chi connectivity index (χ0) is 16.4. The number of benzene rings is 1. The number of methoxy groups -OCH3 is 1. The summed E-state index contributed by atoms with van der Waals surface area (Å²) in [5, 5.41) is 22.1. The van der Waals surface area contributed by atoms with Crippen LogP contribution < -0.4 is 14.8 Å². The van der Waals surface area contributed by atoms with E-state index in [0.29, 0.717) is 18.0 Å². The van der Waals surface area contributed by atoms with Crippen LogP contribution in [0.3, 0.4) is 0 Å². The Bertz CT molecular complexity index is 458. The molecule has 0 spiro atoms. The number of ether oxygens (including phenoxy) is 2. The van der Waals surface area contributed by atoms with Crippen LogP contribution in [0, 0.1) is 0 Å². The number of hydrogen-bond acceptors (Lipinski definition) is 5. The molecule has 2 atom stereocenters. The van der Waals surface area contributed by atoms with Crippen molar-refractivity contribution in [1.29, 1.82) is 0 Å². The van der Waals surface area contributed by atoms with Gasteiger partial charge in [0.25, 0.3) is 0 Å². The first-order valence-corrected chi connectivity index (χ1v) is 7.60. The molecular formula is C17H27NO4. The van der Waals surface area contributed by atoms with Gasteiger partial charge in [0, 0.05) is 12.6 Å². The fraction of sp³-hybridized carbons (Fsp3) is 0.529. The lowest BCUT2D eigenvalue weighted by molar-refractivity contribution is 0.0980. The van der Waals surface area contributed by atoms with Crippen molar-refractivity contribution in [2.75, 3.05) is 26.9 Å². The third kappa shape index (κ3) is 6.05. The van der Waals surface area contributed by atoms with Crippen LogP contribution in [0.15, 0.2) is 24.3 Å². The zero-order valence-electron chi connectivity index (χ0n) is 13.6. The molecule has 5 nitrogen and oxygen atoms in total. The lowest BCUT2D eigenvalue weighted by atomic mass is 10.2. The van der Waals surface area contributed by atoms with E-state index in [4.69, 9.17) is 14.6 Å². The van der Waals surface area contributed by atoms with Crippen LogP contribution in [0.25, 0.3) is 6.08 Å². The number of nitrogens with one attached hydrogen (secondary N) is 1. The minimum Gasteiger partial charge on any atom is -0.493 e. The largest absolute Gasteiger partial charge is 0.493 e. The Morgan fingerprint density at radius 3 is 2.68 bits per heavy atom. The molecular weight excluding hydrogens is 282 g/mol. The summed E-state index contributed by atoms with van der Waals surface area (Å²) in [4.78, 5) is 0. The molecule has 3 N–H and O–H groups in total. The molecule has 0 bridgehead atoms. The Morgan fingerprint density at radius 2 is 2.09 bits per heavy atom. The number of aliphatic hydroxyl groups is 2. The summed E-state index contributed by atoms with van der Waals surface area (Å²) in [7, 11) is 1.59. The molecule has 0 saturated carbocycles.